The van der Waals surface area contributed by atoms with Gasteiger partial charge in [-0.05, 0) is 13.8 Å². The van der Waals surface area contributed by atoms with Crippen LogP contribution in [0.4, 0.5) is 0 Å². The highest BCUT2D eigenvalue weighted by atomic mass is 14.8. The summed E-state index contributed by atoms with van der Waals surface area (Å²) in [6, 6.07) is 0. The lowest BCUT2D eigenvalue weighted by atomic mass is 9.95. The summed E-state index contributed by atoms with van der Waals surface area (Å²) in [5.74, 6) is 0. The minimum absolute atomic E-state index is 0.169. The average Bonchev–Trinajstić information content (AvgIpc) is 2.00. The first-order valence-electron chi connectivity index (χ1n) is 4.06. The molecule has 0 amide bonds. The van der Waals surface area contributed by atoms with E-state index in [-0.39, 0.29) is 5.54 Å². The Kier molecular flexibility index (Phi) is 3.89. The zero-order chi connectivity index (χ0) is 8.91. The molecule has 0 aliphatic rings. The van der Waals surface area contributed by atoms with Crippen molar-refractivity contribution in [2.75, 3.05) is 0 Å². The highest BCUT2D eigenvalue weighted by molar-refractivity contribution is 5.04. The van der Waals surface area contributed by atoms with Crippen molar-refractivity contribution in [3.63, 3.8) is 0 Å². The van der Waals surface area contributed by atoms with Gasteiger partial charge in [-0.3, -0.25) is 0 Å². The third-order valence-electron chi connectivity index (χ3n) is 1.98. The molecule has 0 bridgehead atoms. The lowest BCUT2D eigenvalue weighted by molar-refractivity contribution is 0.540. The van der Waals surface area contributed by atoms with Crippen LogP contribution in [0.25, 0.3) is 4.85 Å². The molecule has 0 aliphatic carbocycles. The fourth-order valence-electron chi connectivity index (χ4n) is 0.693. The van der Waals surface area contributed by atoms with Crippen LogP contribution in [0.3, 0.4) is 0 Å². The Morgan fingerprint density at radius 1 is 1.55 bits per heavy atom. The Labute approximate surface area is 69.9 Å². The van der Waals surface area contributed by atoms with Gasteiger partial charge in [-0.1, -0.05) is 18.6 Å². The molecule has 0 heterocycles. The summed E-state index contributed by atoms with van der Waals surface area (Å²) in [5, 5.41) is 0. The second kappa shape index (κ2) is 4.18. The van der Waals surface area contributed by atoms with Crippen molar-refractivity contribution in [2.45, 2.75) is 46.1 Å². The number of rotatable bonds is 3. The topological polar surface area (TPSA) is 4.36 Å². The number of hydrogen-bond donors (Lipinski definition) is 0. The molecule has 0 aromatic rings. The van der Waals surface area contributed by atoms with E-state index >= 15 is 0 Å². The maximum atomic E-state index is 7.00. The van der Waals surface area contributed by atoms with Gasteiger partial charge >= 0.3 is 0 Å². The molecule has 0 radical (unpaired) electrons. The third-order valence-corrected chi connectivity index (χ3v) is 1.98. The molecule has 1 unspecified atom stereocenters. The summed E-state index contributed by atoms with van der Waals surface area (Å²) in [7, 11) is 0. The quantitative estimate of drug-likeness (QED) is 0.430. The van der Waals surface area contributed by atoms with Gasteiger partial charge < -0.3 is 4.85 Å². The summed E-state index contributed by atoms with van der Waals surface area (Å²) < 4.78 is 0. The van der Waals surface area contributed by atoms with Gasteiger partial charge in [0.15, 0.2) is 0 Å². The van der Waals surface area contributed by atoms with Crippen molar-refractivity contribution in [3.8, 4) is 0 Å². The molecule has 0 aliphatic heterocycles. The zero-order valence-electron chi connectivity index (χ0n) is 7.94. The molecule has 0 aromatic carbocycles. The van der Waals surface area contributed by atoms with E-state index in [0.29, 0.717) is 0 Å². The largest absolute Gasteiger partial charge is 0.310 e. The van der Waals surface area contributed by atoms with E-state index in [0.717, 1.165) is 12.8 Å². The zero-order valence-corrected chi connectivity index (χ0v) is 7.94. The lowest BCUT2D eigenvalue weighted by Gasteiger charge is -2.11. The smallest absolute Gasteiger partial charge is 0.233 e. The van der Waals surface area contributed by atoms with Crippen molar-refractivity contribution in [2.24, 2.45) is 0 Å². The molecule has 0 N–H and O–H groups in total. The van der Waals surface area contributed by atoms with Gasteiger partial charge in [0.25, 0.3) is 0 Å². The summed E-state index contributed by atoms with van der Waals surface area (Å²) >= 11 is 0. The Balaban J connectivity index is 4.12. The van der Waals surface area contributed by atoms with Gasteiger partial charge in [0.1, 0.15) is 0 Å². The van der Waals surface area contributed by atoms with Crippen LogP contribution in [0.1, 0.15) is 40.5 Å². The fraction of sp³-hybridized carbons (Fsp3) is 0.700. The Morgan fingerprint density at radius 3 is 2.36 bits per heavy atom. The normalized spacial score (nSPS) is 14.8. The van der Waals surface area contributed by atoms with Gasteiger partial charge in [0, 0.05) is 19.8 Å². The predicted molar refractivity (Wildman–Crippen MR) is 49.3 cm³/mol. The van der Waals surface area contributed by atoms with Gasteiger partial charge in [-0.2, -0.15) is 0 Å². The predicted octanol–water partition coefficient (Wildman–Crippen LogP) is 3.43. The van der Waals surface area contributed by atoms with Crippen LogP contribution in [0.5, 0.6) is 0 Å². The maximum Gasteiger partial charge on any atom is 0.233 e. The lowest BCUT2D eigenvalue weighted by Crippen LogP contribution is -2.16. The molecule has 0 rings (SSSR count). The van der Waals surface area contributed by atoms with Gasteiger partial charge in [0.2, 0.25) is 5.54 Å². The molecule has 0 fully saturated rings. The molecule has 0 aromatic heterocycles. The van der Waals surface area contributed by atoms with Crippen LogP contribution in [0, 0.1) is 6.57 Å². The SMILES string of the molecule is [C-]#[N+]C(C)(CC)CC=C(C)C. The second-order valence-corrected chi connectivity index (χ2v) is 3.45. The van der Waals surface area contributed by atoms with E-state index in [4.69, 9.17) is 6.57 Å². The number of nitrogens with zero attached hydrogens (tertiary/aromatic N) is 1. The minimum Gasteiger partial charge on any atom is -0.310 e. The van der Waals surface area contributed by atoms with Crippen LogP contribution < -0.4 is 0 Å². The summed E-state index contributed by atoms with van der Waals surface area (Å²) in [6.07, 6.45) is 3.96. The van der Waals surface area contributed by atoms with Crippen molar-refractivity contribution in [1.29, 1.82) is 0 Å². The van der Waals surface area contributed by atoms with E-state index in [1.807, 2.05) is 6.92 Å². The highest BCUT2D eigenvalue weighted by Crippen LogP contribution is 2.20. The maximum absolute atomic E-state index is 7.00. The molecule has 0 saturated carbocycles. The van der Waals surface area contributed by atoms with Crippen molar-refractivity contribution in [1.82, 2.24) is 0 Å². The average molecular weight is 151 g/mol. The monoisotopic (exact) mass is 151 g/mol. The second-order valence-electron chi connectivity index (χ2n) is 3.45. The van der Waals surface area contributed by atoms with Crippen LogP contribution in [0.2, 0.25) is 0 Å². The molecule has 1 heteroatoms. The fourth-order valence-corrected chi connectivity index (χ4v) is 0.693. The van der Waals surface area contributed by atoms with Crippen LogP contribution >= 0.6 is 0 Å². The van der Waals surface area contributed by atoms with Crippen LogP contribution in [-0.2, 0) is 0 Å². The van der Waals surface area contributed by atoms with E-state index in [1.165, 1.54) is 5.57 Å². The molecule has 0 spiro atoms. The first-order valence-corrected chi connectivity index (χ1v) is 4.06. The van der Waals surface area contributed by atoms with Crippen LogP contribution in [-0.4, -0.2) is 5.54 Å². The Bertz CT molecular complexity index is 182. The van der Waals surface area contributed by atoms with E-state index in [2.05, 4.69) is 31.7 Å². The standard InChI is InChI=1S/C10H17N/c1-6-10(4,11-5)8-7-9(2)3/h7H,6,8H2,1-4H3. The Hall–Kier alpha value is -0.770. The van der Waals surface area contributed by atoms with Crippen LogP contribution in [0.15, 0.2) is 11.6 Å². The van der Waals surface area contributed by atoms with E-state index < -0.39 is 0 Å². The van der Waals surface area contributed by atoms with Crippen molar-refractivity contribution < 1.29 is 0 Å². The first-order chi connectivity index (χ1) is 5.04. The molecule has 1 atom stereocenters. The molecular formula is C10H17N. The first kappa shape index (κ1) is 10.2. The minimum atomic E-state index is -0.169. The Morgan fingerprint density at radius 2 is 2.09 bits per heavy atom. The third kappa shape index (κ3) is 3.83. The molecule has 62 valence electrons. The number of allylic oxidation sites excluding steroid dienone is 1. The van der Waals surface area contributed by atoms with Gasteiger partial charge in [-0.15, -0.1) is 0 Å². The van der Waals surface area contributed by atoms with Gasteiger partial charge in [-0.25, -0.2) is 6.57 Å². The van der Waals surface area contributed by atoms with E-state index in [9.17, 15) is 0 Å². The molecular weight excluding hydrogens is 134 g/mol. The molecule has 0 saturated heterocycles. The van der Waals surface area contributed by atoms with E-state index in [1.54, 1.807) is 0 Å². The molecule has 11 heavy (non-hydrogen) atoms. The van der Waals surface area contributed by atoms with Crippen molar-refractivity contribution >= 4 is 0 Å². The summed E-state index contributed by atoms with van der Waals surface area (Å²) in [4.78, 5) is 3.62. The molecule has 1 nitrogen and oxygen atoms in total. The summed E-state index contributed by atoms with van der Waals surface area (Å²) in [6.45, 7) is 15.2. The highest BCUT2D eigenvalue weighted by Gasteiger charge is 2.25. The summed E-state index contributed by atoms with van der Waals surface area (Å²) in [5.41, 5.74) is 1.13. The number of hydrogen-bond acceptors (Lipinski definition) is 0. The van der Waals surface area contributed by atoms with Gasteiger partial charge in [0.05, 0.1) is 0 Å². The van der Waals surface area contributed by atoms with Crippen molar-refractivity contribution in [3.05, 3.63) is 23.1 Å².